The third kappa shape index (κ3) is 3.24. The minimum Gasteiger partial charge on any atom is -0.444 e. The predicted molar refractivity (Wildman–Crippen MR) is 94.7 cm³/mol. The van der Waals surface area contributed by atoms with Crippen LogP contribution < -0.4 is 0 Å². The summed E-state index contributed by atoms with van der Waals surface area (Å²) in [7, 11) is 0. The Balaban J connectivity index is 1.89. The molecule has 132 valence electrons. The number of hydrogen-bond donors (Lipinski definition) is 1. The summed E-state index contributed by atoms with van der Waals surface area (Å²) in [5.41, 5.74) is 0.222. The number of aliphatic hydroxyl groups is 1. The lowest BCUT2D eigenvalue weighted by molar-refractivity contribution is 0.0265. The van der Waals surface area contributed by atoms with Crippen molar-refractivity contribution >= 4 is 29.3 Å². The van der Waals surface area contributed by atoms with Crippen LogP contribution in [0.5, 0.6) is 0 Å². The molecular weight excluding hydrogens is 349 g/mol. The van der Waals surface area contributed by atoms with Crippen molar-refractivity contribution in [2.24, 2.45) is 5.92 Å². The van der Waals surface area contributed by atoms with E-state index in [1.54, 1.807) is 11.0 Å². The molecule has 3 rings (SSSR count). The van der Waals surface area contributed by atoms with Crippen molar-refractivity contribution in [3.8, 4) is 0 Å². The van der Waals surface area contributed by atoms with Gasteiger partial charge in [0.2, 0.25) is 0 Å². The topological polar surface area (TPSA) is 49.8 Å². The molecule has 1 aromatic rings. The molecule has 2 aliphatic rings. The van der Waals surface area contributed by atoms with Gasteiger partial charge in [-0.1, -0.05) is 29.3 Å². The van der Waals surface area contributed by atoms with Crippen LogP contribution in [-0.4, -0.2) is 40.9 Å². The summed E-state index contributed by atoms with van der Waals surface area (Å²) in [5.74, 6) is 0.192. The molecule has 4 nitrogen and oxygen atoms in total. The first-order valence-corrected chi connectivity index (χ1v) is 8.98. The monoisotopic (exact) mass is 371 g/mol. The van der Waals surface area contributed by atoms with Gasteiger partial charge < -0.3 is 14.7 Å². The molecule has 0 aromatic heterocycles. The molecular formula is C18H23Cl2NO3. The third-order valence-electron chi connectivity index (χ3n) is 5.00. The average molecular weight is 372 g/mol. The van der Waals surface area contributed by atoms with E-state index in [2.05, 4.69) is 0 Å². The van der Waals surface area contributed by atoms with Gasteiger partial charge in [0.1, 0.15) is 5.60 Å². The molecule has 1 aliphatic carbocycles. The van der Waals surface area contributed by atoms with E-state index in [-0.39, 0.29) is 23.5 Å². The van der Waals surface area contributed by atoms with Crippen molar-refractivity contribution in [3.05, 3.63) is 33.8 Å². The second kappa shape index (κ2) is 6.08. The quantitative estimate of drug-likeness (QED) is 0.802. The van der Waals surface area contributed by atoms with Crippen LogP contribution in [-0.2, 0) is 10.2 Å². The Morgan fingerprint density at radius 2 is 2.04 bits per heavy atom. The van der Waals surface area contributed by atoms with E-state index >= 15 is 0 Å². The van der Waals surface area contributed by atoms with Gasteiger partial charge in [0.15, 0.2) is 0 Å². The molecule has 1 aliphatic heterocycles. The molecule has 1 saturated carbocycles. The number of amides is 1. The fraction of sp³-hybridized carbons (Fsp3) is 0.611. The standard InChI is InChI=1S/C18H23Cl2NO3/c1-17(2,3)24-16(23)21-9-12-6-13(22)8-18(12,10-21)11-4-5-14(19)15(20)7-11/h4-5,7,12-13,22H,6,8-10H2,1-3H3/t12-,13-,18+/m1/s1. The summed E-state index contributed by atoms with van der Waals surface area (Å²) in [6, 6.07) is 5.61. The first-order chi connectivity index (χ1) is 11.1. The SMILES string of the molecule is CC(C)(C)OC(=O)N1C[C@H]2C[C@@H](O)C[C@@]2(c2ccc(Cl)c(Cl)c2)C1. The highest BCUT2D eigenvalue weighted by Crippen LogP contribution is 2.51. The number of rotatable bonds is 1. The van der Waals surface area contributed by atoms with Crippen molar-refractivity contribution in [1.29, 1.82) is 0 Å². The average Bonchev–Trinajstić information content (AvgIpc) is 2.93. The number of aliphatic hydroxyl groups excluding tert-OH is 1. The first kappa shape index (κ1) is 17.8. The molecule has 24 heavy (non-hydrogen) atoms. The number of halogens is 2. The van der Waals surface area contributed by atoms with Gasteiger partial charge in [-0.25, -0.2) is 4.79 Å². The summed E-state index contributed by atoms with van der Waals surface area (Å²) in [6.45, 7) is 6.70. The normalized spacial score (nSPS) is 29.7. The summed E-state index contributed by atoms with van der Waals surface area (Å²) in [4.78, 5) is 14.2. The maximum absolute atomic E-state index is 12.5. The highest BCUT2D eigenvalue weighted by Gasteiger charge is 2.55. The van der Waals surface area contributed by atoms with E-state index in [1.165, 1.54) is 0 Å². The maximum atomic E-state index is 12.5. The highest BCUT2D eigenvalue weighted by atomic mass is 35.5. The molecule has 6 heteroatoms. The van der Waals surface area contributed by atoms with Crippen LogP contribution in [0.3, 0.4) is 0 Å². The number of carbonyl (C=O) groups is 1. The molecule has 1 amide bonds. The zero-order valence-electron chi connectivity index (χ0n) is 14.2. The van der Waals surface area contributed by atoms with Gasteiger partial charge in [-0.2, -0.15) is 0 Å². The van der Waals surface area contributed by atoms with Gasteiger partial charge in [-0.15, -0.1) is 0 Å². The van der Waals surface area contributed by atoms with Crippen molar-refractivity contribution < 1.29 is 14.6 Å². The smallest absolute Gasteiger partial charge is 0.410 e. The third-order valence-corrected chi connectivity index (χ3v) is 5.74. The van der Waals surface area contributed by atoms with Crippen molar-refractivity contribution in [2.75, 3.05) is 13.1 Å². The van der Waals surface area contributed by atoms with E-state index in [9.17, 15) is 9.90 Å². The number of fused-ring (bicyclic) bond motifs is 1. The second-order valence-electron chi connectivity index (χ2n) is 7.94. The van der Waals surface area contributed by atoms with Crippen LogP contribution >= 0.6 is 23.2 Å². The Morgan fingerprint density at radius 1 is 1.33 bits per heavy atom. The molecule has 0 bridgehead atoms. The summed E-state index contributed by atoms with van der Waals surface area (Å²) in [6.07, 6.45) is 0.644. The van der Waals surface area contributed by atoms with Crippen molar-refractivity contribution in [1.82, 2.24) is 4.90 Å². The van der Waals surface area contributed by atoms with Gasteiger partial charge in [0, 0.05) is 18.5 Å². The largest absolute Gasteiger partial charge is 0.444 e. The Morgan fingerprint density at radius 3 is 2.67 bits per heavy atom. The first-order valence-electron chi connectivity index (χ1n) is 8.22. The van der Waals surface area contributed by atoms with Gasteiger partial charge in [0.05, 0.1) is 16.1 Å². The molecule has 1 heterocycles. The van der Waals surface area contributed by atoms with Gasteiger partial charge in [-0.3, -0.25) is 0 Å². The predicted octanol–water partition coefficient (Wildman–Crippen LogP) is 4.25. The van der Waals surface area contributed by atoms with Gasteiger partial charge in [-0.05, 0) is 57.2 Å². The molecule has 1 N–H and O–H groups in total. The highest BCUT2D eigenvalue weighted by molar-refractivity contribution is 6.42. The fourth-order valence-corrected chi connectivity index (χ4v) is 4.35. The lowest BCUT2D eigenvalue weighted by atomic mass is 9.74. The zero-order valence-corrected chi connectivity index (χ0v) is 15.7. The number of benzene rings is 1. The molecule has 1 aromatic carbocycles. The van der Waals surface area contributed by atoms with Crippen LogP contribution in [0.25, 0.3) is 0 Å². The number of ether oxygens (including phenoxy) is 1. The number of hydrogen-bond acceptors (Lipinski definition) is 3. The summed E-state index contributed by atoms with van der Waals surface area (Å²) >= 11 is 12.2. The number of carbonyl (C=O) groups excluding carboxylic acids is 1. The minimum absolute atomic E-state index is 0.192. The van der Waals surface area contributed by atoms with E-state index in [0.717, 1.165) is 5.56 Å². The van der Waals surface area contributed by atoms with E-state index in [4.69, 9.17) is 27.9 Å². The molecule has 3 atom stereocenters. The Labute approximate surface area is 152 Å². The van der Waals surface area contributed by atoms with Gasteiger partial charge in [0.25, 0.3) is 0 Å². The van der Waals surface area contributed by atoms with Crippen LogP contribution in [0.1, 0.15) is 39.2 Å². The van der Waals surface area contributed by atoms with Crippen molar-refractivity contribution in [2.45, 2.75) is 50.7 Å². The van der Waals surface area contributed by atoms with Gasteiger partial charge >= 0.3 is 6.09 Å². The van der Waals surface area contributed by atoms with Crippen LogP contribution in [0.2, 0.25) is 10.0 Å². The zero-order chi connectivity index (χ0) is 17.7. The summed E-state index contributed by atoms with van der Waals surface area (Å²) in [5, 5.41) is 11.2. The molecule has 1 saturated heterocycles. The Kier molecular flexibility index (Phi) is 4.52. The summed E-state index contributed by atoms with van der Waals surface area (Å²) < 4.78 is 5.51. The lowest BCUT2D eigenvalue weighted by Gasteiger charge is -2.30. The molecule has 0 radical (unpaired) electrons. The Bertz CT molecular complexity index is 658. The second-order valence-corrected chi connectivity index (χ2v) is 8.75. The molecule has 0 unspecified atom stereocenters. The Hall–Kier alpha value is -0.970. The van der Waals surface area contributed by atoms with Crippen LogP contribution in [0.4, 0.5) is 4.79 Å². The van der Waals surface area contributed by atoms with Crippen LogP contribution in [0.15, 0.2) is 18.2 Å². The van der Waals surface area contributed by atoms with E-state index in [0.29, 0.717) is 36.0 Å². The van der Waals surface area contributed by atoms with E-state index in [1.807, 2.05) is 32.9 Å². The number of likely N-dealkylation sites (tertiary alicyclic amines) is 1. The van der Waals surface area contributed by atoms with Crippen molar-refractivity contribution in [3.63, 3.8) is 0 Å². The fourth-order valence-electron chi connectivity index (χ4n) is 4.05. The number of nitrogens with zero attached hydrogens (tertiary/aromatic N) is 1. The molecule has 2 fully saturated rings. The minimum atomic E-state index is -0.523. The molecule has 0 spiro atoms. The maximum Gasteiger partial charge on any atom is 0.410 e. The van der Waals surface area contributed by atoms with E-state index < -0.39 is 5.60 Å². The lowest BCUT2D eigenvalue weighted by Crippen LogP contribution is -2.38. The van der Waals surface area contributed by atoms with Crippen LogP contribution in [0, 0.1) is 5.92 Å².